The van der Waals surface area contributed by atoms with Gasteiger partial charge in [0.05, 0.1) is 18.6 Å². The van der Waals surface area contributed by atoms with Crippen molar-refractivity contribution in [2.75, 3.05) is 0 Å². The highest BCUT2D eigenvalue weighted by Gasteiger charge is 2.78. The number of ether oxygens (including phenoxy) is 2. The normalized spacial score (nSPS) is 44.5. The van der Waals surface area contributed by atoms with Crippen LogP contribution in [0.2, 0.25) is 16.6 Å². The minimum Gasteiger partial charge on any atom is -0.462 e. The number of carbonyl (C=O) groups excluding carboxylic acids is 1. The molecule has 4 fully saturated rings. The SMILES string of the molecule is CC(C)[C@@H]1C[C@H]2O[C@]23C[C@@H](O[Si](C(C)C)(C(C)C)C(C)C)[C@]2(C)CC(=O)O[C@@H]2C[C@@]13C. The first-order valence-electron chi connectivity index (χ1n) is 12.8. The van der Waals surface area contributed by atoms with Crippen LogP contribution in [0.4, 0.5) is 0 Å². The van der Waals surface area contributed by atoms with Crippen molar-refractivity contribution in [2.24, 2.45) is 22.7 Å². The fraction of sp³-hybridized carbons (Fsp3) is 0.962. The molecule has 0 aromatic carbocycles. The second-order valence-electron chi connectivity index (χ2n) is 13.0. The molecule has 2 aliphatic carbocycles. The zero-order valence-electron chi connectivity index (χ0n) is 21.6. The van der Waals surface area contributed by atoms with Gasteiger partial charge in [-0.1, -0.05) is 69.2 Å². The quantitative estimate of drug-likeness (QED) is 0.264. The summed E-state index contributed by atoms with van der Waals surface area (Å²) < 4.78 is 20.1. The lowest BCUT2D eigenvalue weighted by Crippen LogP contribution is -2.55. The van der Waals surface area contributed by atoms with Gasteiger partial charge >= 0.3 is 5.97 Å². The van der Waals surface area contributed by atoms with E-state index in [1.165, 1.54) is 0 Å². The van der Waals surface area contributed by atoms with Crippen molar-refractivity contribution in [3.8, 4) is 0 Å². The van der Waals surface area contributed by atoms with Crippen LogP contribution >= 0.6 is 0 Å². The van der Waals surface area contributed by atoms with E-state index in [9.17, 15) is 4.79 Å². The van der Waals surface area contributed by atoms with E-state index in [-0.39, 0.29) is 34.6 Å². The number of carbonyl (C=O) groups is 1. The summed E-state index contributed by atoms with van der Waals surface area (Å²) in [4.78, 5) is 12.6. The lowest BCUT2D eigenvalue weighted by Gasteiger charge is -2.48. The molecular weight excluding hydrogens is 404 g/mol. The Hall–Kier alpha value is -0.393. The Bertz CT molecular complexity index is 711. The summed E-state index contributed by atoms with van der Waals surface area (Å²) in [6, 6.07) is 0. The fourth-order valence-corrected chi connectivity index (χ4v) is 14.3. The van der Waals surface area contributed by atoms with Gasteiger partial charge < -0.3 is 13.9 Å². The third kappa shape index (κ3) is 3.08. The molecule has 0 aromatic heterocycles. The van der Waals surface area contributed by atoms with Gasteiger partial charge in [-0.25, -0.2) is 0 Å². The van der Waals surface area contributed by atoms with Crippen molar-refractivity contribution in [3.63, 3.8) is 0 Å². The van der Waals surface area contributed by atoms with Gasteiger partial charge in [0, 0.05) is 17.3 Å². The van der Waals surface area contributed by atoms with E-state index in [2.05, 4.69) is 69.2 Å². The van der Waals surface area contributed by atoms with Crippen LogP contribution in [0.5, 0.6) is 0 Å². The Labute approximate surface area is 191 Å². The molecule has 2 heterocycles. The molecular formula is C26H46O4Si. The van der Waals surface area contributed by atoms with Crippen molar-refractivity contribution in [1.29, 1.82) is 0 Å². The highest BCUT2D eigenvalue weighted by Crippen LogP contribution is 2.72. The van der Waals surface area contributed by atoms with Crippen molar-refractivity contribution < 1.29 is 18.7 Å². The minimum atomic E-state index is -2.11. The van der Waals surface area contributed by atoms with Gasteiger partial charge in [0.15, 0.2) is 0 Å². The predicted molar refractivity (Wildman–Crippen MR) is 126 cm³/mol. The van der Waals surface area contributed by atoms with Crippen LogP contribution in [0.3, 0.4) is 0 Å². The average molecular weight is 451 g/mol. The first-order valence-corrected chi connectivity index (χ1v) is 14.9. The van der Waals surface area contributed by atoms with E-state index in [1.54, 1.807) is 0 Å². The molecule has 2 saturated carbocycles. The molecule has 1 spiro atoms. The van der Waals surface area contributed by atoms with Crippen molar-refractivity contribution in [3.05, 3.63) is 0 Å². The van der Waals surface area contributed by atoms with Crippen LogP contribution in [0.1, 0.15) is 94.9 Å². The Kier molecular flexibility index (Phi) is 5.59. The van der Waals surface area contributed by atoms with E-state index >= 15 is 0 Å². The van der Waals surface area contributed by atoms with Gasteiger partial charge in [-0.2, -0.15) is 0 Å². The molecule has 178 valence electrons. The maximum Gasteiger partial charge on any atom is 0.306 e. The Morgan fingerprint density at radius 2 is 1.52 bits per heavy atom. The monoisotopic (exact) mass is 450 g/mol. The molecule has 0 unspecified atom stereocenters. The van der Waals surface area contributed by atoms with Crippen LogP contribution in [0.15, 0.2) is 0 Å². The number of rotatable bonds is 6. The molecule has 7 atom stereocenters. The molecule has 4 rings (SSSR count). The van der Waals surface area contributed by atoms with E-state index in [4.69, 9.17) is 13.9 Å². The summed E-state index contributed by atoms with van der Waals surface area (Å²) in [6.07, 6.45) is 3.74. The lowest BCUT2D eigenvalue weighted by atomic mass is 9.65. The summed E-state index contributed by atoms with van der Waals surface area (Å²) in [5, 5.41) is 0. The molecule has 4 aliphatic rings. The molecule has 0 amide bonds. The predicted octanol–water partition coefficient (Wildman–Crippen LogP) is 6.48. The summed E-state index contributed by atoms with van der Waals surface area (Å²) >= 11 is 0. The fourth-order valence-electron chi connectivity index (χ4n) is 8.59. The second kappa shape index (κ2) is 7.30. The molecule has 31 heavy (non-hydrogen) atoms. The second-order valence-corrected chi connectivity index (χ2v) is 18.4. The Morgan fingerprint density at radius 3 is 2.03 bits per heavy atom. The van der Waals surface area contributed by atoms with Crippen molar-refractivity contribution in [2.45, 2.75) is 135 Å². The third-order valence-electron chi connectivity index (χ3n) is 10.3. The molecule has 0 radical (unpaired) electrons. The zero-order valence-corrected chi connectivity index (χ0v) is 22.6. The number of fused-ring (bicyclic) bond motifs is 1. The van der Waals surface area contributed by atoms with Gasteiger partial charge in [-0.3, -0.25) is 4.79 Å². The number of esters is 1. The van der Waals surface area contributed by atoms with Gasteiger partial charge in [0.2, 0.25) is 8.32 Å². The highest BCUT2D eigenvalue weighted by atomic mass is 28.4. The maximum atomic E-state index is 12.6. The minimum absolute atomic E-state index is 0.0144. The maximum absolute atomic E-state index is 12.6. The number of epoxide rings is 1. The average Bonchev–Trinajstić information content (AvgIpc) is 3.20. The Balaban J connectivity index is 1.79. The van der Waals surface area contributed by atoms with Crippen LogP contribution in [-0.2, 0) is 18.7 Å². The number of hydrogen-bond donors (Lipinski definition) is 0. The highest BCUT2D eigenvalue weighted by molar-refractivity contribution is 6.77. The van der Waals surface area contributed by atoms with Gasteiger partial charge in [-0.05, 0) is 41.3 Å². The van der Waals surface area contributed by atoms with E-state index in [0.29, 0.717) is 41.0 Å². The summed E-state index contributed by atoms with van der Waals surface area (Å²) in [6.45, 7) is 23.5. The first-order chi connectivity index (χ1) is 14.2. The van der Waals surface area contributed by atoms with E-state index in [1.807, 2.05) is 0 Å². The largest absolute Gasteiger partial charge is 0.462 e. The van der Waals surface area contributed by atoms with E-state index in [0.717, 1.165) is 19.3 Å². The van der Waals surface area contributed by atoms with Crippen LogP contribution in [0.25, 0.3) is 0 Å². The zero-order chi connectivity index (χ0) is 23.1. The van der Waals surface area contributed by atoms with Gasteiger partial charge in [0.25, 0.3) is 0 Å². The molecule has 0 aromatic rings. The third-order valence-corrected chi connectivity index (χ3v) is 16.4. The van der Waals surface area contributed by atoms with Crippen LogP contribution < -0.4 is 0 Å². The van der Waals surface area contributed by atoms with Crippen molar-refractivity contribution in [1.82, 2.24) is 0 Å². The summed E-state index contributed by atoms with van der Waals surface area (Å²) in [5.41, 5.74) is 1.22. The van der Waals surface area contributed by atoms with Crippen molar-refractivity contribution >= 4 is 14.3 Å². The van der Waals surface area contributed by atoms with Crippen LogP contribution in [-0.4, -0.2) is 38.2 Å². The molecule has 4 nitrogen and oxygen atoms in total. The molecule has 2 aliphatic heterocycles. The summed E-state index contributed by atoms with van der Waals surface area (Å²) in [7, 11) is -2.11. The Morgan fingerprint density at radius 1 is 0.935 bits per heavy atom. The standard InChI is InChI=1S/C26H46O4Si/c1-15(2)19-11-20-26(29-20)13-22(30-31(16(3)4,17(5)6)18(7)8)24(9)14-23(27)28-21(24)12-25(19,26)10/h15-22H,11-14H2,1-10H3/t19-,20+,21+,22+,24+,25-,26+/m0/s1. The van der Waals surface area contributed by atoms with Gasteiger partial charge in [-0.15, -0.1) is 0 Å². The molecule has 0 N–H and O–H groups in total. The smallest absolute Gasteiger partial charge is 0.306 e. The molecule has 0 bridgehead atoms. The summed E-state index contributed by atoms with van der Waals surface area (Å²) in [5.74, 6) is 1.17. The topological polar surface area (TPSA) is 48.1 Å². The first kappa shape index (κ1) is 23.8. The lowest BCUT2D eigenvalue weighted by molar-refractivity contribution is -0.144. The van der Waals surface area contributed by atoms with E-state index < -0.39 is 8.32 Å². The molecule has 5 heteroatoms. The number of hydrogen-bond acceptors (Lipinski definition) is 4. The van der Waals surface area contributed by atoms with Crippen LogP contribution in [0, 0.1) is 22.7 Å². The van der Waals surface area contributed by atoms with Gasteiger partial charge in [0.1, 0.15) is 11.7 Å². The molecule has 2 saturated heterocycles.